The highest BCUT2D eigenvalue weighted by Gasteiger charge is 2.18. The third-order valence-corrected chi connectivity index (χ3v) is 3.22. The van der Waals surface area contributed by atoms with E-state index in [1.165, 1.54) is 0 Å². The van der Waals surface area contributed by atoms with Crippen molar-refractivity contribution in [3.05, 3.63) is 28.8 Å². The van der Waals surface area contributed by atoms with Crippen LogP contribution in [0.25, 0.3) is 0 Å². The Morgan fingerprint density at radius 3 is 2.81 bits per heavy atom. The number of terminal acetylenes is 1. The fourth-order valence-electron chi connectivity index (χ4n) is 1.91. The van der Waals surface area contributed by atoms with Gasteiger partial charge in [0.05, 0.1) is 6.54 Å². The first kappa shape index (κ1) is 17.4. The lowest BCUT2D eigenvalue weighted by Gasteiger charge is -2.20. The third kappa shape index (κ3) is 5.30. The third-order valence-electron chi connectivity index (χ3n) is 2.99. The number of nitrogens with one attached hydrogen (secondary N) is 2. The van der Waals surface area contributed by atoms with Gasteiger partial charge in [-0.2, -0.15) is 0 Å². The molecular weight excluding hydrogens is 288 g/mol. The molecule has 0 aromatic heterocycles. The lowest BCUT2D eigenvalue weighted by atomic mass is 10.1. The molecule has 0 aliphatic heterocycles. The minimum absolute atomic E-state index is 0.0738. The zero-order chi connectivity index (χ0) is 15.8. The maximum absolute atomic E-state index is 11.8. The van der Waals surface area contributed by atoms with Crippen LogP contribution >= 0.6 is 11.6 Å². The molecule has 2 N–H and O–H groups in total. The first-order chi connectivity index (χ1) is 9.99. The second-order valence-corrected chi connectivity index (χ2v) is 5.08. The summed E-state index contributed by atoms with van der Waals surface area (Å²) in [6.45, 7) is 6.74. The molecule has 1 aromatic rings. The molecule has 0 radical (unpaired) electrons. The second kappa shape index (κ2) is 8.56. The number of carbonyl (C=O) groups excluding carboxylic acids is 1. The van der Waals surface area contributed by atoms with E-state index in [0.717, 1.165) is 12.1 Å². The lowest BCUT2D eigenvalue weighted by molar-refractivity contribution is -0.127. The molecule has 1 amide bonds. The van der Waals surface area contributed by atoms with Crippen LogP contribution in [0.15, 0.2) is 18.2 Å². The van der Waals surface area contributed by atoms with Crippen LogP contribution in [-0.4, -0.2) is 25.1 Å². The van der Waals surface area contributed by atoms with E-state index in [1.54, 1.807) is 19.1 Å². The van der Waals surface area contributed by atoms with Crippen molar-refractivity contribution in [2.24, 2.45) is 0 Å². The Kier molecular flexibility index (Phi) is 7.07. The normalized spacial score (nSPS) is 13.1. The van der Waals surface area contributed by atoms with Gasteiger partial charge in [0, 0.05) is 16.6 Å². The minimum Gasteiger partial charge on any atom is -0.481 e. The highest BCUT2D eigenvalue weighted by atomic mass is 35.5. The topological polar surface area (TPSA) is 50.4 Å². The van der Waals surface area contributed by atoms with Gasteiger partial charge in [0.1, 0.15) is 5.75 Å². The Morgan fingerprint density at radius 1 is 1.48 bits per heavy atom. The van der Waals surface area contributed by atoms with Gasteiger partial charge in [0.15, 0.2) is 6.10 Å². The van der Waals surface area contributed by atoms with Gasteiger partial charge in [0.2, 0.25) is 0 Å². The van der Waals surface area contributed by atoms with E-state index in [2.05, 4.69) is 16.6 Å². The van der Waals surface area contributed by atoms with Crippen LogP contribution in [0.3, 0.4) is 0 Å². The van der Waals surface area contributed by atoms with Crippen LogP contribution in [0.1, 0.15) is 32.4 Å². The number of benzene rings is 1. The quantitative estimate of drug-likeness (QED) is 0.761. The van der Waals surface area contributed by atoms with Crippen molar-refractivity contribution < 1.29 is 9.53 Å². The van der Waals surface area contributed by atoms with Crippen LogP contribution in [0.2, 0.25) is 5.02 Å². The summed E-state index contributed by atoms with van der Waals surface area (Å²) in [5.74, 6) is 2.75. The summed E-state index contributed by atoms with van der Waals surface area (Å²) in [5.41, 5.74) is 0.918. The maximum atomic E-state index is 11.8. The fraction of sp³-hybridized carbons (Fsp3) is 0.438. The summed E-state index contributed by atoms with van der Waals surface area (Å²) in [6, 6.07) is 5.43. The fourth-order valence-corrected chi connectivity index (χ4v) is 2.09. The summed E-state index contributed by atoms with van der Waals surface area (Å²) >= 11 is 6.04. The molecule has 0 bridgehead atoms. The van der Waals surface area contributed by atoms with E-state index < -0.39 is 6.10 Å². The molecule has 2 atom stereocenters. The van der Waals surface area contributed by atoms with Crippen LogP contribution in [0, 0.1) is 12.3 Å². The predicted octanol–water partition coefficient (Wildman–Crippen LogP) is 2.53. The lowest BCUT2D eigenvalue weighted by Crippen LogP contribution is -2.36. The zero-order valence-corrected chi connectivity index (χ0v) is 13.3. The van der Waals surface area contributed by atoms with E-state index in [0.29, 0.717) is 10.8 Å². The summed E-state index contributed by atoms with van der Waals surface area (Å²) in [6.07, 6.45) is 4.48. The number of halogens is 1. The Bertz CT molecular complexity index is 525. The second-order valence-electron chi connectivity index (χ2n) is 4.64. The van der Waals surface area contributed by atoms with Crippen molar-refractivity contribution in [3.63, 3.8) is 0 Å². The molecule has 4 nitrogen and oxygen atoms in total. The molecule has 0 heterocycles. The van der Waals surface area contributed by atoms with Crippen LogP contribution < -0.4 is 15.4 Å². The van der Waals surface area contributed by atoms with Gasteiger partial charge >= 0.3 is 0 Å². The van der Waals surface area contributed by atoms with Crippen molar-refractivity contribution in [1.29, 1.82) is 0 Å². The Hall–Kier alpha value is -1.70. The zero-order valence-electron chi connectivity index (χ0n) is 12.6. The van der Waals surface area contributed by atoms with E-state index in [9.17, 15) is 4.79 Å². The Labute approximate surface area is 131 Å². The average molecular weight is 309 g/mol. The van der Waals surface area contributed by atoms with Crippen LogP contribution in [-0.2, 0) is 4.79 Å². The monoisotopic (exact) mass is 308 g/mol. The molecule has 21 heavy (non-hydrogen) atoms. The highest BCUT2D eigenvalue weighted by molar-refractivity contribution is 6.30. The molecule has 0 fully saturated rings. The predicted molar refractivity (Wildman–Crippen MR) is 85.5 cm³/mol. The smallest absolute Gasteiger partial charge is 0.261 e. The minimum atomic E-state index is -0.632. The molecule has 0 aliphatic rings. The average Bonchev–Trinajstić information content (AvgIpc) is 2.46. The summed E-state index contributed by atoms with van der Waals surface area (Å²) in [7, 11) is 0. The Morgan fingerprint density at radius 2 is 2.19 bits per heavy atom. The van der Waals surface area contributed by atoms with Gasteiger partial charge < -0.3 is 15.4 Å². The molecule has 0 saturated heterocycles. The van der Waals surface area contributed by atoms with Gasteiger partial charge in [-0.3, -0.25) is 4.79 Å². The van der Waals surface area contributed by atoms with Gasteiger partial charge in [-0.25, -0.2) is 0 Å². The first-order valence-electron chi connectivity index (χ1n) is 6.90. The van der Waals surface area contributed by atoms with Crippen molar-refractivity contribution in [1.82, 2.24) is 10.6 Å². The molecule has 2 unspecified atom stereocenters. The number of amides is 1. The number of rotatable bonds is 7. The number of hydrogen-bond acceptors (Lipinski definition) is 3. The van der Waals surface area contributed by atoms with E-state index in [-0.39, 0.29) is 18.5 Å². The molecule has 0 spiro atoms. The number of ether oxygens (including phenoxy) is 1. The molecular formula is C16H21ClN2O2. The van der Waals surface area contributed by atoms with Crippen molar-refractivity contribution in [2.45, 2.75) is 32.9 Å². The summed E-state index contributed by atoms with van der Waals surface area (Å²) in [4.78, 5) is 11.8. The van der Waals surface area contributed by atoms with Crippen molar-refractivity contribution >= 4 is 17.5 Å². The van der Waals surface area contributed by atoms with Crippen molar-refractivity contribution in [2.75, 3.05) is 13.1 Å². The highest BCUT2D eigenvalue weighted by Crippen LogP contribution is 2.29. The summed E-state index contributed by atoms with van der Waals surface area (Å²) in [5, 5.41) is 6.53. The van der Waals surface area contributed by atoms with Crippen LogP contribution in [0.5, 0.6) is 5.75 Å². The Balaban J connectivity index is 2.87. The van der Waals surface area contributed by atoms with Crippen LogP contribution in [0.4, 0.5) is 0 Å². The molecule has 5 heteroatoms. The molecule has 1 rings (SSSR count). The summed E-state index contributed by atoms with van der Waals surface area (Å²) < 4.78 is 5.75. The molecule has 114 valence electrons. The van der Waals surface area contributed by atoms with Crippen molar-refractivity contribution in [3.8, 4) is 18.1 Å². The number of hydrogen-bond donors (Lipinski definition) is 2. The van der Waals surface area contributed by atoms with Gasteiger partial charge in [0.25, 0.3) is 5.91 Å². The SMILES string of the molecule is C#CCNC(=O)C(C)Oc1ccc(Cl)cc1C(C)NCC. The van der Waals surface area contributed by atoms with Gasteiger partial charge in [-0.15, -0.1) is 6.42 Å². The van der Waals surface area contributed by atoms with E-state index >= 15 is 0 Å². The largest absolute Gasteiger partial charge is 0.481 e. The van der Waals surface area contributed by atoms with E-state index in [4.69, 9.17) is 22.8 Å². The standard InChI is InChI=1S/C16H21ClN2O2/c1-5-9-19-16(20)12(4)21-15-8-7-13(17)10-14(15)11(3)18-6-2/h1,7-8,10-12,18H,6,9H2,2-4H3,(H,19,20). The maximum Gasteiger partial charge on any atom is 0.261 e. The molecule has 0 aliphatic carbocycles. The molecule has 0 saturated carbocycles. The first-order valence-corrected chi connectivity index (χ1v) is 7.28. The van der Waals surface area contributed by atoms with Gasteiger partial charge in [-0.05, 0) is 38.6 Å². The molecule has 1 aromatic carbocycles. The van der Waals surface area contributed by atoms with E-state index in [1.807, 2.05) is 19.9 Å². The number of carbonyl (C=O) groups is 1. The van der Waals surface area contributed by atoms with Gasteiger partial charge in [-0.1, -0.05) is 24.4 Å².